The second-order valence-electron chi connectivity index (χ2n) is 6.94. The second kappa shape index (κ2) is 7.99. The van der Waals surface area contributed by atoms with Crippen LogP contribution in [-0.4, -0.2) is 35.6 Å². The Kier molecular flexibility index (Phi) is 6.61. The van der Waals surface area contributed by atoms with Gasteiger partial charge < -0.3 is 9.64 Å². The van der Waals surface area contributed by atoms with E-state index >= 15 is 0 Å². The molecule has 0 spiro atoms. The van der Waals surface area contributed by atoms with E-state index in [1.807, 2.05) is 25.2 Å². The molecule has 0 aromatic heterocycles. The highest BCUT2D eigenvalue weighted by molar-refractivity contribution is 5.80. The fourth-order valence-electron chi connectivity index (χ4n) is 2.06. The van der Waals surface area contributed by atoms with Gasteiger partial charge in [-0.1, -0.05) is 35.4 Å². The number of rotatable bonds is 7. The number of ether oxygens (including phenoxy) is 1. The number of carbonyl (C=O) groups is 1. The third-order valence-electron chi connectivity index (χ3n) is 3.38. The Morgan fingerprint density at radius 2 is 1.87 bits per heavy atom. The molecule has 6 nitrogen and oxygen atoms in total. The van der Waals surface area contributed by atoms with Gasteiger partial charge >= 0.3 is 5.97 Å². The fraction of sp³-hybridized carbons (Fsp3) is 0.588. The largest absolute Gasteiger partial charge is 0.459 e. The number of carbonyl (C=O) groups excluding carboxylic acids is 1. The minimum Gasteiger partial charge on any atom is -0.459 e. The Hall–Kier alpha value is -2.04. The summed E-state index contributed by atoms with van der Waals surface area (Å²) in [5, 5.41) is 3.70. The highest BCUT2D eigenvalue weighted by Crippen LogP contribution is 2.22. The fourth-order valence-corrected chi connectivity index (χ4v) is 2.06. The molecule has 0 aliphatic heterocycles. The van der Waals surface area contributed by atoms with Crippen LogP contribution in [0.5, 0.6) is 0 Å². The van der Waals surface area contributed by atoms with Gasteiger partial charge in [-0.05, 0) is 58.8 Å². The molecule has 1 aromatic carbocycles. The zero-order valence-corrected chi connectivity index (χ0v) is 14.6. The summed E-state index contributed by atoms with van der Waals surface area (Å²) in [6.07, 6.45) is 0.398. The van der Waals surface area contributed by atoms with E-state index in [1.165, 1.54) is 5.56 Å². The predicted octanol–water partition coefficient (Wildman–Crippen LogP) is 3.92. The number of nitrogens with zero attached hydrogens (tertiary/aromatic N) is 4. The van der Waals surface area contributed by atoms with Gasteiger partial charge in [-0.15, -0.1) is 0 Å². The lowest BCUT2D eigenvalue weighted by atomic mass is 9.98. The van der Waals surface area contributed by atoms with Crippen LogP contribution in [0.3, 0.4) is 0 Å². The van der Waals surface area contributed by atoms with E-state index in [0.717, 1.165) is 6.54 Å². The molecule has 23 heavy (non-hydrogen) atoms. The Labute approximate surface area is 138 Å². The molecule has 1 aromatic rings. The van der Waals surface area contributed by atoms with Crippen molar-refractivity contribution in [1.29, 1.82) is 0 Å². The van der Waals surface area contributed by atoms with Gasteiger partial charge in [0.2, 0.25) is 0 Å². The van der Waals surface area contributed by atoms with Crippen molar-refractivity contribution in [3.05, 3.63) is 46.3 Å². The number of azide groups is 1. The molecule has 1 atom stereocenters. The first-order chi connectivity index (χ1) is 10.7. The summed E-state index contributed by atoms with van der Waals surface area (Å²) >= 11 is 0. The molecule has 0 amide bonds. The molecular formula is C17H26N4O2. The minimum absolute atomic E-state index is 0.398. The van der Waals surface area contributed by atoms with Crippen LogP contribution in [0.15, 0.2) is 35.4 Å². The Bertz CT molecular complexity index is 562. The lowest BCUT2D eigenvalue weighted by Crippen LogP contribution is -2.41. The first-order valence-electron chi connectivity index (χ1n) is 7.68. The summed E-state index contributed by atoms with van der Waals surface area (Å²) in [4.78, 5) is 17.3. The molecule has 0 heterocycles. The van der Waals surface area contributed by atoms with Gasteiger partial charge in [0.1, 0.15) is 11.1 Å². The molecule has 0 bridgehead atoms. The Morgan fingerprint density at radius 3 is 2.39 bits per heavy atom. The number of esters is 1. The van der Waals surface area contributed by atoms with E-state index in [2.05, 4.69) is 27.1 Å². The van der Waals surface area contributed by atoms with Crippen molar-refractivity contribution in [2.45, 2.75) is 51.8 Å². The lowest BCUT2D eigenvalue weighted by Gasteiger charge is -2.29. The van der Waals surface area contributed by atoms with E-state index in [-0.39, 0.29) is 0 Å². The standard InChI is InChI=1S/C17H26N4O2/c1-16(2,3)23-15(22)17(4,19-20-18)11-12-21(5)13-14-9-7-6-8-10-14/h6-10H,11-13H2,1-5H3. The molecule has 1 unspecified atom stereocenters. The highest BCUT2D eigenvalue weighted by Gasteiger charge is 2.36. The van der Waals surface area contributed by atoms with Crippen molar-refractivity contribution in [3.63, 3.8) is 0 Å². The van der Waals surface area contributed by atoms with Crippen LogP contribution in [0.1, 0.15) is 39.7 Å². The molecule has 0 N–H and O–H groups in total. The van der Waals surface area contributed by atoms with E-state index < -0.39 is 17.1 Å². The molecule has 0 saturated carbocycles. The maximum absolute atomic E-state index is 12.3. The third kappa shape index (κ3) is 6.72. The molecule has 0 radical (unpaired) electrons. The first kappa shape index (κ1) is 19.0. The molecule has 6 heteroatoms. The van der Waals surface area contributed by atoms with Crippen molar-refractivity contribution >= 4 is 5.97 Å². The van der Waals surface area contributed by atoms with Gasteiger partial charge in [0, 0.05) is 11.5 Å². The van der Waals surface area contributed by atoms with Gasteiger partial charge in [-0.3, -0.25) is 4.79 Å². The molecule has 1 rings (SSSR count). The second-order valence-corrected chi connectivity index (χ2v) is 6.94. The van der Waals surface area contributed by atoms with Gasteiger partial charge in [0.25, 0.3) is 0 Å². The Balaban J connectivity index is 2.68. The number of benzene rings is 1. The topological polar surface area (TPSA) is 78.3 Å². The van der Waals surface area contributed by atoms with Crippen molar-refractivity contribution in [2.75, 3.05) is 13.6 Å². The average molecular weight is 318 g/mol. The van der Waals surface area contributed by atoms with Crippen LogP contribution >= 0.6 is 0 Å². The van der Waals surface area contributed by atoms with Gasteiger partial charge in [-0.25, -0.2) is 0 Å². The zero-order chi connectivity index (χ0) is 17.5. The third-order valence-corrected chi connectivity index (χ3v) is 3.38. The quantitative estimate of drug-likeness (QED) is 0.331. The van der Waals surface area contributed by atoms with Crippen LogP contribution in [0, 0.1) is 0 Å². The molecule has 0 fully saturated rings. The molecule has 0 aliphatic carbocycles. The normalized spacial score (nSPS) is 14.0. The summed E-state index contributed by atoms with van der Waals surface area (Å²) in [5.41, 5.74) is 8.17. The smallest absolute Gasteiger partial charge is 0.318 e. The zero-order valence-electron chi connectivity index (χ0n) is 14.6. The predicted molar refractivity (Wildman–Crippen MR) is 90.8 cm³/mol. The van der Waals surface area contributed by atoms with E-state index in [4.69, 9.17) is 10.3 Å². The van der Waals surface area contributed by atoms with Gasteiger partial charge in [-0.2, -0.15) is 0 Å². The van der Waals surface area contributed by atoms with Crippen LogP contribution in [-0.2, 0) is 16.1 Å². The monoisotopic (exact) mass is 318 g/mol. The van der Waals surface area contributed by atoms with Crippen LogP contribution in [0.25, 0.3) is 10.4 Å². The van der Waals surface area contributed by atoms with Crippen molar-refractivity contribution in [1.82, 2.24) is 4.90 Å². The summed E-state index contributed by atoms with van der Waals surface area (Å²) in [5.74, 6) is -0.490. The average Bonchev–Trinajstić information content (AvgIpc) is 2.45. The van der Waals surface area contributed by atoms with E-state index in [9.17, 15) is 4.79 Å². The minimum atomic E-state index is -1.20. The van der Waals surface area contributed by atoms with Crippen LogP contribution in [0.4, 0.5) is 0 Å². The van der Waals surface area contributed by atoms with Gasteiger partial charge in [0.15, 0.2) is 0 Å². The van der Waals surface area contributed by atoms with Gasteiger partial charge in [0.05, 0.1) is 0 Å². The maximum atomic E-state index is 12.3. The molecule has 126 valence electrons. The van der Waals surface area contributed by atoms with Crippen LogP contribution < -0.4 is 0 Å². The van der Waals surface area contributed by atoms with Crippen molar-refractivity contribution < 1.29 is 9.53 Å². The molecule has 0 aliphatic rings. The van der Waals surface area contributed by atoms with Crippen LogP contribution in [0.2, 0.25) is 0 Å². The number of hydrogen-bond donors (Lipinski definition) is 0. The molecular weight excluding hydrogens is 292 g/mol. The lowest BCUT2D eigenvalue weighted by molar-refractivity contribution is -0.161. The number of hydrogen-bond acceptors (Lipinski definition) is 4. The van der Waals surface area contributed by atoms with Crippen molar-refractivity contribution in [2.24, 2.45) is 5.11 Å². The van der Waals surface area contributed by atoms with E-state index in [0.29, 0.717) is 13.0 Å². The van der Waals surface area contributed by atoms with E-state index in [1.54, 1.807) is 27.7 Å². The molecule has 0 saturated heterocycles. The maximum Gasteiger partial charge on any atom is 0.318 e. The highest BCUT2D eigenvalue weighted by atomic mass is 16.6. The summed E-state index contributed by atoms with van der Waals surface area (Å²) < 4.78 is 5.38. The first-order valence-corrected chi connectivity index (χ1v) is 7.68. The summed E-state index contributed by atoms with van der Waals surface area (Å²) in [6, 6.07) is 10.1. The summed E-state index contributed by atoms with van der Waals surface area (Å²) in [6.45, 7) is 8.39. The Morgan fingerprint density at radius 1 is 1.26 bits per heavy atom. The SMILES string of the molecule is CN(CCC(C)(N=[N+]=[N-])C(=O)OC(C)(C)C)Cc1ccccc1. The van der Waals surface area contributed by atoms with Crippen molar-refractivity contribution in [3.8, 4) is 0 Å². The summed E-state index contributed by atoms with van der Waals surface area (Å²) in [7, 11) is 1.97.